The first-order chi connectivity index (χ1) is 10.1. The first-order valence-electron chi connectivity index (χ1n) is 6.20. The topological polar surface area (TPSA) is 53.2 Å². The lowest BCUT2D eigenvalue weighted by Crippen LogP contribution is -2.56. The van der Waals surface area contributed by atoms with Crippen molar-refractivity contribution in [2.24, 2.45) is 0 Å². The minimum absolute atomic E-state index is 0.127. The van der Waals surface area contributed by atoms with Crippen molar-refractivity contribution in [3.8, 4) is 0 Å². The zero-order valence-electron chi connectivity index (χ0n) is 11.8. The lowest BCUT2D eigenvalue weighted by atomic mass is 10.1. The highest BCUT2D eigenvalue weighted by Crippen LogP contribution is 2.29. The molecule has 0 aliphatic heterocycles. The highest BCUT2D eigenvalue weighted by atomic mass is 35.6. The van der Waals surface area contributed by atoms with Gasteiger partial charge in [0.1, 0.15) is 6.17 Å². The maximum Gasteiger partial charge on any atom is 0.253 e. The zero-order chi connectivity index (χ0) is 16.9. The van der Waals surface area contributed by atoms with Crippen LogP contribution in [0.5, 0.6) is 0 Å². The highest BCUT2D eigenvalue weighted by Gasteiger charge is 2.34. The van der Waals surface area contributed by atoms with Crippen LogP contribution in [0, 0.1) is 13.8 Å². The molecule has 1 amide bonds. The van der Waals surface area contributed by atoms with Crippen LogP contribution in [0.4, 0.5) is 10.1 Å². The molecule has 22 heavy (non-hydrogen) atoms. The number of hydrogen-bond donors (Lipinski definition) is 3. The molecule has 0 aromatic heterocycles. The molecule has 1 rings (SSSR count). The molecule has 0 aliphatic rings. The quantitative estimate of drug-likeness (QED) is 0.422. The molecule has 0 aliphatic carbocycles. The summed E-state index contributed by atoms with van der Waals surface area (Å²) in [5, 5.41) is 7.89. The largest absolute Gasteiger partial charge is 0.339 e. The SMILES string of the molecule is Cc1ccc(NC(=S)NC(NC(=O)CF)C(Cl)(Cl)Cl)c(C)c1. The van der Waals surface area contributed by atoms with Crippen LogP contribution in [0.25, 0.3) is 0 Å². The summed E-state index contributed by atoms with van der Waals surface area (Å²) in [7, 11) is 0. The predicted octanol–water partition coefficient (Wildman–Crippen LogP) is 3.37. The standard InChI is InChI=1S/C13H15Cl3FN3OS/c1-7-3-4-9(8(2)5-7)18-12(22)20-11(13(14,15)16)19-10(21)6-17/h3-5,11H,6H2,1-2H3,(H,19,21)(H2,18,20,22). The fourth-order valence-electron chi connectivity index (χ4n) is 1.64. The summed E-state index contributed by atoms with van der Waals surface area (Å²) in [5.41, 5.74) is 2.85. The average Bonchev–Trinajstić information content (AvgIpc) is 2.40. The van der Waals surface area contributed by atoms with Gasteiger partial charge in [-0.05, 0) is 37.7 Å². The van der Waals surface area contributed by atoms with Crippen LogP contribution in [-0.2, 0) is 4.79 Å². The van der Waals surface area contributed by atoms with Crippen LogP contribution in [0.1, 0.15) is 11.1 Å². The number of hydrogen-bond acceptors (Lipinski definition) is 2. The molecule has 122 valence electrons. The third-order valence-corrected chi connectivity index (χ3v) is 3.53. The van der Waals surface area contributed by atoms with E-state index in [2.05, 4.69) is 16.0 Å². The Kier molecular flexibility index (Phi) is 7.12. The fourth-order valence-corrected chi connectivity index (χ4v) is 2.20. The predicted molar refractivity (Wildman–Crippen MR) is 93.5 cm³/mol. The molecule has 0 saturated heterocycles. The van der Waals surface area contributed by atoms with Crippen LogP contribution in [0.3, 0.4) is 0 Å². The van der Waals surface area contributed by atoms with Gasteiger partial charge >= 0.3 is 0 Å². The molecule has 1 aromatic carbocycles. The molecule has 1 atom stereocenters. The van der Waals surface area contributed by atoms with E-state index in [-0.39, 0.29) is 5.11 Å². The summed E-state index contributed by atoms with van der Waals surface area (Å²) in [6, 6.07) is 5.74. The van der Waals surface area contributed by atoms with Crippen LogP contribution >= 0.6 is 47.0 Å². The Balaban J connectivity index is 2.76. The number of thiocarbonyl (C=S) groups is 1. The number of nitrogens with one attached hydrogen (secondary N) is 3. The molecule has 9 heteroatoms. The van der Waals surface area contributed by atoms with Crippen molar-refractivity contribution in [2.45, 2.75) is 23.8 Å². The second kappa shape index (κ2) is 8.15. The summed E-state index contributed by atoms with van der Waals surface area (Å²) >= 11 is 22.3. The van der Waals surface area contributed by atoms with E-state index in [4.69, 9.17) is 47.0 Å². The van der Waals surface area contributed by atoms with Crippen molar-refractivity contribution >= 4 is 63.7 Å². The second-order valence-corrected chi connectivity index (χ2v) is 7.37. The average molecular weight is 387 g/mol. The van der Waals surface area contributed by atoms with Crippen molar-refractivity contribution in [3.63, 3.8) is 0 Å². The second-order valence-electron chi connectivity index (χ2n) is 4.59. The first-order valence-corrected chi connectivity index (χ1v) is 7.74. The van der Waals surface area contributed by atoms with E-state index >= 15 is 0 Å². The zero-order valence-corrected chi connectivity index (χ0v) is 14.9. The number of amides is 1. The Hall–Kier alpha value is -0.820. The van der Waals surface area contributed by atoms with E-state index in [1.807, 2.05) is 32.0 Å². The van der Waals surface area contributed by atoms with Gasteiger partial charge in [0.2, 0.25) is 3.79 Å². The van der Waals surface area contributed by atoms with E-state index in [1.165, 1.54) is 0 Å². The van der Waals surface area contributed by atoms with Gasteiger partial charge in [-0.2, -0.15) is 0 Å². The highest BCUT2D eigenvalue weighted by molar-refractivity contribution is 7.80. The third-order valence-electron chi connectivity index (χ3n) is 2.66. The molecule has 0 radical (unpaired) electrons. The molecule has 3 N–H and O–H groups in total. The summed E-state index contributed by atoms with van der Waals surface area (Å²) in [6.45, 7) is 2.66. The minimum Gasteiger partial charge on any atom is -0.339 e. The molecule has 0 fully saturated rings. The molecular formula is C13H15Cl3FN3OS. The monoisotopic (exact) mass is 385 g/mol. The molecule has 4 nitrogen and oxygen atoms in total. The number of halogens is 4. The number of benzene rings is 1. The maximum absolute atomic E-state index is 12.3. The number of rotatable bonds is 4. The van der Waals surface area contributed by atoms with Gasteiger partial charge in [0, 0.05) is 5.69 Å². The number of alkyl halides is 4. The van der Waals surface area contributed by atoms with Gasteiger partial charge < -0.3 is 16.0 Å². The smallest absolute Gasteiger partial charge is 0.253 e. The van der Waals surface area contributed by atoms with Crippen LogP contribution in [-0.4, -0.2) is 27.7 Å². The van der Waals surface area contributed by atoms with E-state index < -0.39 is 22.5 Å². The van der Waals surface area contributed by atoms with Gasteiger partial charge in [0.15, 0.2) is 11.8 Å². The van der Waals surface area contributed by atoms with E-state index in [0.29, 0.717) is 0 Å². The van der Waals surface area contributed by atoms with Gasteiger partial charge in [-0.25, -0.2) is 4.39 Å². The summed E-state index contributed by atoms with van der Waals surface area (Å²) in [4.78, 5) is 11.1. The van der Waals surface area contributed by atoms with E-state index in [1.54, 1.807) is 0 Å². The third kappa shape index (κ3) is 6.12. The Labute approximate surface area is 148 Å². The maximum atomic E-state index is 12.3. The molecule has 1 aromatic rings. The summed E-state index contributed by atoms with van der Waals surface area (Å²) in [6.07, 6.45) is -1.17. The van der Waals surface area contributed by atoms with Crippen molar-refractivity contribution in [3.05, 3.63) is 29.3 Å². The van der Waals surface area contributed by atoms with E-state index in [0.717, 1.165) is 16.8 Å². The van der Waals surface area contributed by atoms with Crippen molar-refractivity contribution in [2.75, 3.05) is 12.0 Å². The number of anilines is 1. The Morgan fingerprint density at radius 1 is 1.32 bits per heavy atom. The normalized spacial score (nSPS) is 12.5. The van der Waals surface area contributed by atoms with Crippen LogP contribution in [0.15, 0.2) is 18.2 Å². The minimum atomic E-state index is -1.90. The number of carbonyl (C=O) groups excluding carboxylic acids is 1. The molecule has 1 unspecified atom stereocenters. The Morgan fingerprint density at radius 3 is 2.45 bits per heavy atom. The summed E-state index contributed by atoms with van der Waals surface area (Å²) in [5.74, 6) is -0.918. The number of carbonyl (C=O) groups is 1. The van der Waals surface area contributed by atoms with Crippen molar-refractivity contribution < 1.29 is 9.18 Å². The van der Waals surface area contributed by atoms with Crippen molar-refractivity contribution in [1.29, 1.82) is 0 Å². The molecule has 0 spiro atoms. The molecule has 0 saturated carbocycles. The fraction of sp³-hybridized carbons (Fsp3) is 0.385. The van der Waals surface area contributed by atoms with Gasteiger partial charge in [0.05, 0.1) is 0 Å². The Bertz CT molecular complexity index is 566. The summed E-state index contributed by atoms with van der Waals surface area (Å²) < 4.78 is 10.4. The molecule has 0 heterocycles. The van der Waals surface area contributed by atoms with Gasteiger partial charge in [-0.1, -0.05) is 52.5 Å². The lowest BCUT2D eigenvalue weighted by molar-refractivity contribution is -0.122. The van der Waals surface area contributed by atoms with Gasteiger partial charge in [0.25, 0.3) is 5.91 Å². The van der Waals surface area contributed by atoms with E-state index in [9.17, 15) is 9.18 Å². The van der Waals surface area contributed by atoms with Gasteiger partial charge in [-0.3, -0.25) is 4.79 Å². The Morgan fingerprint density at radius 2 is 1.95 bits per heavy atom. The van der Waals surface area contributed by atoms with Crippen LogP contribution in [0.2, 0.25) is 0 Å². The molecule has 0 bridgehead atoms. The molecular weight excluding hydrogens is 372 g/mol. The van der Waals surface area contributed by atoms with Crippen LogP contribution < -0.4 is 16.0 Å². The lowest BCUT2D eigenvalue weighted by Gasteiger charge is -2.27. The first kappa shape index (κ1) is 19.2. The van der Waals surface area contributed by atoms with Crippen molar-refractivity contribution in [1.82, 2.24) is 10.6 Å². The number of aryl methyl sites for hydroxylation is 2. The van der Waals surface area contributed by atoms with Gasteiger partial charge in [-0.15, -0.1) is 0 Å².